The van der Waals surface area contributed by atoms with Gasteiger partial charge in [-0.2, -0.15) is 0 Å². The molecule has 2 saturated heterocycles. The van der Waals surface area contributed by atoms with Crippen LogP contribution >= 0.6 is 11.6 Å². The molecule has 2 aliphatic rings. The van der Waals surface area contributed by atoms with E-state index in [4.69, 9.17) is 16.3 Å². The Kier molecular flexibility index (Phi) is 5.92. The Morgan fingerprint density at radius 3 is 2.61 bits per heavy atom. The predicted octanol–water partition coefficient (Wildman–Crippen LogP) is 2.45. The molecule has 0 radical (unpaired) electrons. The number of amides is 1. The van der Waals surface area contributed by atoms with Gasteiger partial charge in [0.05, 0.1) is 0 Å². The molecule has 126 valence electrons. The molecule has 0 spiro atoms. The fraction of sp³-hybridized carbons (Fsp3) is 0.611. The molecular weight excluding hydrogens is 312 g/mol. The summed E-state index contributed by atoms with van der Waals surface area (Å²) in [5.74, 6) is 0.518. The summed E-state index contributed by atoms with van der Waals surface area (Å²) in [6.45, 7) is 6.13. The van der Waals surface area contributed by atoms with Crippen LogP contribution in [0.5, 0.6) is 0 Å². The molecule has 0 saturated carbocycles. The van der Waals surface area contributed by atoms with E-state index in [0.29, 0.717) is 5.91 Å². The highest BCUT2D eigenvalue weighted by atomic mass is 35.5. The van der Waals surface area contributed by atoms with Gasteiger partial charge in [0.2, 0.25) is 5.91 Å². The van der Waals surface area contributed by atoms with Gasteiger partial charge in [-0.25, -0.2) is 0 Å². The van der Waals surface area contributed by atoms with Crippen molar-refractivity contribution in [2.24, 2.45) is 5.92 Å². The van der Waals surface area contributed by atoms with Crippen molar-refractivity contribution in [1.29, 1.82) is 0 Å². The third-order valence-corrected chi connectivity index (χ3v) is 5.10. The first kappa shape index (κ1) is 16.7. The van der Waals surface area contributed by atoms with Gasteiger partial charge in [0.25, 0.3) is 0 Å². The first-order valence-corrected chi connectivity index (χ1v) is 8.93. The van der Waals surface area contributed by atoms with Gasteiger partial charge in [0.15, 0.2) is 0 Å². The number of hydrogen-bond donors (Lipinski definition) is 0. The number of halogens is 1. The maximum absolute atomic E-state index is 12.5. The molecule has 0 N–H and O–H groups in total. The molecule has 3 rings (SSSR count). The maximum Gasteiger partial charge on any atom is 0.225 e. The van der Waals surface area contributed by atoms with Gasteiger partial charge in [-0.1, -0.05) is 23.7 Å². The summed E-state index contributed by atoms with van der Waals surface area (Å²) in [6.07, 6.45) is 2.77. The minimum absolute atomic E-state index is 0.182. The third kappa shape index (κ3) is 4.69. The summed E-state index contributed by atoms with van der Waals surface area (Å²) in [5.41, 5.74) is 1.28. The second-order valence-electron chi connectivity index (χ2n) is 6.43. The van der Waals surface area contributed by atoms with Crippen molar-refractivity contribution in [3.63, 3.8) is 0 Å². The first-order chi connectivity index (χ1) is 11.2. The molecule has 2 aliphatic heterocycles. The number of carbonyl (C=O) groups is 1. The van der Waals surface area contributed by atoms with Crippen molar-refractivity contribution in [3.05, 3.63) is 34.9 Å². The average molecular weight is 337 g/mol. The molecule has 1 amide bonds. The minimum atomic E-state index is 0.182. The number of benzene rings is 1. The summed E-state index contributed by atoms with van der Waals surface area (Å²) >= 11 is 6.03. The topological polar surface area (TPSA) is 32.8 Å². The Hall–Kier alpha value is -1.10. The molecule has 0 unspecified atom stereocenters. The lowest BCUT2D eigenvalue weighted by Crippen LogP contribution is -2.51. The second-order valence-corrected chi connectivity index (χ2v) is 6.87. The van der Waals surface area contributed by atoms with Crippen LogP contribution in [0.4, 0.5) is 0 Å². The summed E-state index contributed by atoms with van der Waals surface area (Å²) in [7, 11) is 0. The van der Waals surface area contributed by atoms with Gasteiger partial charge in [-0.15, -0.1) is 0 Å². The SMILES string of the molecule is O=C(C1CCOCC1)N1CCN(CCc2cccc(Cl)c2)CC1. The van der Waals surface area contributed by atoms with E-state index in [0.717, 1.165) is 70.2 Å². The van der Waals surface area contributed by atoms with Gasteiger partial charge in [-0.3, -0.25) is 9.69 Å². The average Bonchev–Trinajstić information content (AvgIpc) is 2.61. The van der Waals surface area contributed by atoms with Crippen molar-refractivity contribution in [1.82, 2.24) is 9.80 Å². The smallest absolute Gasteiger partial charge is 0.225 e. The molecule has 0 aromatic heterocycles. The highest BCUT2D eigenvalue weighted by molar-refractivity contribution is 6.30. The van der Waals surface area contributed by atoms with Crippen molar-refractivity contribution in [3.8, 4) is 0 Å². The highest BCUT2D eigenvalue weighted by Crippen LogP contribution is 2.19. The zero-order valence-corrected chi connectivity index (χ0v) is 14.3. The Morgan fingerprint density at radius 2 is 1.91 bits per heavy atom. The summed E-state index contributed by atoms with van der Waals surface area (Å²) < 4.78 is 5.35. The molecule has 2 fully saturated rings. The van der Waals surface area contributed by atoms with Crippen molar-refractivity contribution in [2.45, 2.75) is 19.3 Å². The minimum Gasteiger partial charge on any atom is -0.381 e. The fourth-order valence-electron chi connectivity index (χ4n) is 3.37. The van der Waals surface area contributed by atoms with Gasteiger partial charge in [-0.05, 0) is 37.0 Å². The zero-order chi connectivity index (χ0) is 16.1. The first-order valence-electron chi connectivity index (χ1n) is 8.56. The van der Waals surface area contributed by atoms with Crippen LogP contribution < -0.4 is 0 Å². The lowest BCUT2D eigenvalue weighted by Gasteiger charge is -2.37. The molecule has 0 aliphatic carbocycles. The summed E-state index contributed by atoms with van der Waals surface area (Å²) in [4.78, 5) is 17.0. The van der Waals surface area contributed by atoms with Crippen molar-refractivity contribution in [2.75, 3.05) is 45.9 Å². The Balaban J connectivity index is 1.42. The van der Waals surface area contributed by atoms with Gasteiger partial charge >= 0.3 is 0 Å². The second kappa shape index (κ2) is 8.13. The van der Waals surface area contributed by atoms with E-state index < -0.39 is 0 Å². The lowest BCUT2D eigenvalue weighted by atomic mass is 9.98. The van der Waals surface area contributed by atoms with E-state index in [2.05, 4.69) is 11.0 Å². The normalized spacial score (nSPS) is 20.7. The van der Waals surface area contributed by atoms with Crippen LogP contribution in [0.3, 0.4) is 0 Å². The zero-order valence-electron chi connectivity index (χ0n) is 13.5. The van der Waals surface area contributed by atoms with E-state index in [1.54, 1.807) is 0 Å². The fourth-order valence-corrected chi connectivity index (χ4v) is 3.59. The molecule has 4 nitrogen and oxygen atoms in total. The van der Waals surface area contributed by atoms with E-state index in [1.165, 1.54) is 5.56 Å². The quantitative estimate of drug-likeness (QED) is 0.846. The largest absolute Gasteiger partial charge is 0.381 e. The summed E-state index contributed by atoms with van der Waals surface area (Å²) in [5, 5.41) is 0.800. The van der Waals surface area contributed by atoms with Crippen LogP contribution in [0.1, 0.15) is 18.4 Å². The number of nitrogens with zero attached hydrogens (tertiary/aromatic N) is 2. The Labute approximate surface area is 143 Å². The molecule has 23 heavy (non-hydrogen) atoms. The van der Waals surface area contributed by atoms with Crippen LogP contribution in [0.25, 0.3) is 0 Å². The van der Waals surface area contributed by atoms with Gasteiger partial charge < -0.3 is 9.64 Å². The van der Waals surface area contributed by atoms with Crippen LogP contribution in [0.15, 0.2) is 24.3 Å². The number of piperazine rings is 1. The number of ether oxygens (including phenoxy) is 1. The Bertz CT molecular complexity index is 524. The molecule has 2 heterocycles. The van der Waals surface area contributed by atoms with E-state index in [1.807, 2.05) is 23.1 Å². The van der Waals surface area contributed by atoms with Gasteiger partial charge in [0, 0.05) is 56.9 Å². The van der Waals surface area contributed by atoms with E-state index in [9.17, 15) is 4.79 Å². The molecule has 0 atom stereocenters. The number of hydrogen-bond acceptors (Lipinski definition) is 3. The van der Waals surface area contributed by atoms with Crippen LogP contribution in [-0.4, -0.2) is 61.6 Å². The lowest BCUT2D eigenvalue weighted by molar-refractivity contribution is -0.140. The monoisotopic (exact) mass is 336 g/mol. The molecule has 1 aromatic carbocycles. The number of carbonyl (C=O) groups excluding carboxylic acids is 1. The molecule has 5 heteroatoms. The van der Waals surface area contributed by atoms with E-state index >= 15 is 0 Å². The number of rotatable bonds is 4. The van der Waals surface area contributed by atoms with E-state index in [-0.39, 0.29) is 5.92 Å². The highest BCUT2D eigenvalue weighted by Gasteiger charge is 2.28. The van der Waals surface area contributed by atoms with Gasteiger partial charge in [0.1, 0.15) is 0 Å². The molecule has 0 bridgehead atoms. The summed E-state index contributed by atoms with van der Waals surface area (Å²) in [6, 6.07) is 8.07. The van der Waals surface area contributed by atoms with Crippen molar-refractivity contribution >= 4 is 17.5 Å². The van der Waals surface area contributed by atoms with Crippen LogP contribution in [0.2, 0.25) is 5.02 Å². The Morgan fingerprint density at radius 1 is 1.17 bits per heavy atom. The predicted molar refractivity (Wildman–Crippen MR) is 91.7 cm³/mol. The molecular formula is C18H25ClN2O2. The standard InChI is InChI=1S/C18H25ClN2O2/c19-17-3-1-2-15(14-17)4-7-20-8-10-21(11-9-20)18(22)16-5-12-23-13-6-16/h1-3,14,16H,4-13H2. The van der Waals surface area contributed by atoms with Crippen LogP contribution in [0, 0.1) is 5.92 Å². The molecule has 1 aromatic rings. The van der Waals surface area contributed by atoms with Crippen molar-refractivity contribution < 1.29 is 9.53 Å². The third-order valence-electron chi connectivity index (χ3n) is 4.86. The maximum atomic E-state index is 12.5. The van der Waals surface area contributed by atoms with Crippen LogP contribution in [-0.2, 0) is 16.0 Å².